The molecule has 0 unspecified atom stereocenters. The van der Waals surface area contributed by atoms with Gasteiger partial charge in [-0.2, -0.15) is 0 Å². The maximum atomic E-state index is 11.3. The summed E-state index contributed by atoms with van der Waals surface area (Å²) in [7, 11) is -2.44. The highest BCUT2D eigenvalue weighted by atomic mass is 28.4. The molecular formula is C16H22OSi. The average Bonchev–Trinajstić information content (AvgIpc) is 2.36. The number of hydrogen-bond acceptors (Lipinski definition) is 1. The van der Waals surface area contributed by atoms with Crippen LogP contribution >= 0.6 is 0 Å². The first-order valence-electron chi connectivity index (χ1n) is 6.68. The summed E-state index contributed by atoms with van der Waals surface area (Å²) in [5.74, 6) is 0. The molecular weight excluding hydrogens is 236 g/mol. The summed E-state index contributed by atoms with van der Waals surface area (Å²) < 4.78 is 0. The molecule has 96 valence electrons. The first-order valence-corrected chi connectivity index (χ1v) is 8.78. The molecule has 0 bridgehead atoms. The van der Waals surface area contributed by atoms with Gasteiger partial charge in [0.2, 0.25) is 8.32 Å². The van der Waals surface area contributed by atoms with Gasteiger partial charge in [-0.15, -0.1) is 0 Å². The van der Waals surface area contributed by atoms with Gasteiger partial charge in [0.15, 0.2) is 0 Å². The van der Waals surface area contributed by atoms with Crippen LogP contribution in [0.4, 0.5) is 0 Å². The Hall–Kier alpha value is -1.12. The SMILES string of the molecule is CC(C)[Si](O)(c1cccc2ccccc12)C(C)C. The molecule has 2 heteroatoms. The van der Waals surface area contributed by atoms with Crippen LogP contribution < -0.4 is 5.19 Å². The molecule has 2 aromatic rings. The molecule has 0 aliphatic carbocycles. The van der Waals surface area contributed by atoms with Crippen LogP contribution in [0.5, 0.6) is 0 Å². The summed E-state index contributed by atoms with van der Waals surface area (Å²) in [6.07, 6.45) is 0. The number of benzene rings is 2. The third kappa shape index (κ3) is 2.00. The summed E-state index contributed by atoms with van der Waals surface area (Å²) in [4.78, 5) is 11.3. The van der Waals surface area contributed by atoms with Gasteiger partial charge < -0.3 is 4.80 Å². The van der Waals surface area contributed by atoms with Gasteiger partial charge in [0.1, 0.15) is 0 Å². The minimum Gasteiger partial charge on any atom is -0.427 e. The monoisotopic (exact) mass is 258 g/mol. The third-order valence-corrected chi connectivity index (χ3v) is 8.80. The zero-order chi connectivity index (χ0) is 13.3. The zero-order valence-electron chi connectivity index (χ0n) is 11.6. The van der Waals surface area contributed by atoms with Crippen molar-refractivity contribution < 1.29 is 4.80 Å². The summed E-state index contributed by atoms with van der Waals surface area (Å²) in [6, 6.07) is 14.7. The minimum atomic E-state index is -2.44. The lowest BCUT2D eigenvalue weighted by Gasteiger charge is -2.34. The van der Waals surface area contributed by atoms with E-state index in [4.69, 9.17) is 0 Å². The highest BCUT2D eigenvalue weighted by Gasteiger charge is 2.41. The van der Waals surface area contributed by atoms with Crippen molar-refractivity contribution in [3.8, 4) is 0 Å². The van der Waals surface area contributed by atoms with E-state index in [1.54, 1.807) is 0 Å². The standard InChI is InChI=1S/C16H22OSi/c1-12(2)18(17,13(3)4)16-11-7-9-14-8-5-6-10-15(14)16/h5-13,17H,1-4H3. The first kappa shape index (κ1) is 13.3. The maximum absolute atomic E-state index is 11.3. The van der Waals surface area contributed by atoms with E-state index in [9.17, 15) is 4.80 Å². The maximum Gasteiger partial charge on any atom is 0.225 e. The fourth-order valence-electron chi connectivity index (χ4n) is 2.86. The van der Waals surface area contributed by atoms with Crippen molar-refractivity contribution in [2.24, 2.45) is 0 Å². The van der Waals surface area contributed by atoms with Crippen LogP contribution in [-0.4, -0.2) is 13.1 Å². The molecule has 0 saturated carbocycles. The van der Waals surface area contributed by atoms with Gasteiger partial charge in [0, 0.05) is 0 Å². The van der Waals surface area contributed by atoms with Crippen LogP contribution in [-0.2, 0) is 0 Å². The van der Waals surface area contributed by atoms with Crippen molar-refractivity contribution in [2.45, 2.75) is 38.8 Å². The van der Waals surface area contributed by atoms with E-state index in [2.05, 4.69) is 70.2 Å². The quantitative estimate of drug-likeness (QED) is 0.830. The van der Waals surface area contributed by atoms with Crippen LogP contribution in [0.3, 0.4) is 0 Å². The van der Waals surface area contributed by atoms with E-state index in [-0.39, 0.29) is 0 Å². The van der Waals surface area contributed by atoms with Gasteiger partial charge in [0.05, 0.1) is 0 Å². The predicted octanol–water partition coefficient (Wildman–Crippen LogP) is 3.80. The second kappa shape index (κ2) is 4.86. The van der Waals surface area contributed by atoms with Gasteiger partial charge in [0.25, 0.3) is 0 Å². The van der Waals surface area contributed by atoms with Crippen molar-refractivity contribution in [3.05, 3.63) is 42.5 Å². The topological polar surface area (TPSA) is 20.2 Å². The summed E-state index contributed by atoms with van der Waals surface area (Å²) >= 11 is 0. The molecule has 0 radical (unpaired) electrons. The smallest absolute Gasteiger partial charge is 0.225 e. The predicted molar refractivity (Wildman–Crippen MR) is 81.8 cm³/mol. The first-order chi connectivity index (χ1) is 8.48. The molecule has 0 spiro atoms. The van der Waals surface area contributed by atoms with Crippen molar-refractivity contribution >= 4 is 24.3 Å². The van der Waals surface area contributed by atoms with E-state index in [1.807, 2.05) is 0 Å². The van der Waals surface area contributed by atoms with E-state index in [0.29, 0.717) is 11.1 Å². The fraction of sp³-hybridized carbons (Fsp3) is 0.375. The van der Waals surface area contributed by atoms with E-state index < -0.39 is 8.32 Å². The van der Waals surface area contributed by atoms with E-state index in [0.717, 1.165) is 0 Å². The molecule has 0 atom stereocenters. The molecule has 2 rings (SSSR count). The lowest BCUT2D eigenvalue weighted by atomic mass is 10.1. The van der Waals surface area contributed by atoms with Gasteiger partial charge >= 0.3 is 0 Å². The Morgan fingerprint density at radius 2 is 1.39 bits per heavy atom. The van der Waals surface area contributed by atoms with Crippen molar-refractivity contribution in [2.75, 3.05) is 0 Å². The Morgan fingerprint density at radius 1 is 0.833 bits per heavy atom. The van der Waals surface area contributed by atoms with E-state index >= 15 is 0 Å². The second-order valence-electron chi connectivity index (χ2n) is 5.66. The summed E-state index contributed by atoms with van der Waals surface area (Å²) in [5, 5.41) is 3.63. The Kier molecular flexibility index (Phi) is 3.60. The van der Waals surface area contributed by atoms with Crippen molar-refractivity contribution in [1.82, 2.24) is 0 Å². The van der Waals surface area contributed by atoms with Gasteiger partial charge in [-0.3, -0.25) is 0 Å². The van der Waals surface area contributed by atoms with Crippen molar-refractivity contribution in [1.29, 1.82) is 0 Å². The van der Waals surface area contributed by atoms with Gasteiger partial charge in [-0.25, -0.2) is 0 Å². The lowest BCUT2D eigenvalue weighted by Crippen LogP contribution is -2.53. The molecule has 1 N–H and O–H groups in total. The molecule has 0 aromatic heterocycles. The van der Waals surface area contributed by atoms with Crippen molar-refractivity contribution in [3.63, 3.8) is 0 Å². The summed E-state index contributed by atoms with van der Waals surface area (Å²) in [6.45, 7) is 8.59. The normalized spacial score (nSPS) is 12.6. The van der Waals surface area contributed by atoms with Crippen LogP contribution in [0.1, 0.15) is 27.7 Å². The highest BCUT2D eigenvalue weighted by molar-refractivity contribution is 6.89. The van der Waals surface area contributed by atoms with E-state index in [1.165, 1.54) is 16.0 Å². The molecule has 2 aromatic carbocycles. The average molecular weight is 258 g/mol. The molecule has 18 heavy (non-hydrogen) atoms. The van der Waals surface area contributed by atoms with Gasteiger partial charge in [-0.1, -0.05) is 70.2 Å². The molecule has 0 aliphatic heterocycles. The minimum absolute atomic E-state index is 0.323. The number of fused-ring (bicyclic) bond motifs is 1. The molecule has 0 amide bonds. The lowest BCUT2D eigenvalue weighted by molar-refractivity contribution is 0.513. The Bertz CT molecular complexity index is 532. The number of hydrogen-bond donors (Lipinski definition) is 1. The number of rotatable bonds is 3. The van der Waals surface area contributed by atoms with Crippen LogP contribution in [0.2, 0.25) is 11.1 Å². The Balaban J connectivity index is 2.73. The third-order valence-electron chi connectivity index (χ3n) is 3.98. The Labute approximate surface area is 111 Å². The summed E-state index contributed by atoms with van der Waals surface area (Å²) in [5.41, 5.74) is 0.645. The van der Waals surface area contributed by atoms with Gasteiger partial charge in [-0.05, 0) is 27.0 Å². The second-order valence-corrected chi connectivity index (χ2v) is 10.2. The Morgan fingerprint density at radius 3 is 2.00 bits per heavy atom. The highest BCUT2D eigenvalue weighted by Crippen LogP contribution is 2.31. The van der Waals surface area contributed by atoms with Crippen LogP contribution in [0, 0.1) is 0 Å². The molecule has 0 fully saturated rings. The zero-order valence-corrected chi connectivity index (χ0v) is 12.6. The molecule has 0 aliphatic rings. The van der Waals surface area contributed by atoms with Crippen LogP contribution in [0.25, 0.3) is 10.8 Å². The molecule has 0 heterocycles. The molecule has 1 nitrogen and oxygen atoms in total. The molecule has 0 saturated heterocycles. The fourth-order valence-corrected chi connectivity index (χ4v) is 6.46. The largest absolute Gasteiger partial charge is 0.427 e. The van der Waals surface area contributed by atoms with Crippen LogP contribution in [0.15, 0.2) is 42.5 Å².